The van der Waals surface area contributed by atoms with Gasteiger partial charge >= 0.3 is 0 Å². The number of nitrogens with zero attached hydrogens (tertiary/aromatic N) is 2. The van der Waals surface area contributed by atoms with Gasteiger partial charge in [-0.3, -0.25) is 5.84 Å². The van der Waals surface area contributed by atoms with Crippen LogP contribution >= 0.6 is 0 Å². The van der Waals surface area contributed by atoms with Gasteiger partial charge in [0.25, 0.3) is 10.0 Å². The number of hydrogen-bond donors (Lipinski definition) is 2. The molecule has 1 aromatic rings. The molecule has 1 heterocycles. The van der Waals surface area contributed by atoms with Crippen molar-refractivity contribution in [2.24, 2.45) is 5.84 Å². The maximum Gasteiger partial charge on any atom is 0.262 e. The monoisotopic (exact) mass is 256 g/mol. The number of nitrogens with one attached hydrogen (secondary N) is 1. The van der Waals surface area contributed by atoms with Crippen LogP contribution in [0.2, 0.25) is 0 Å². The Balaban J connectivity index is 2.42. The molecule has 7 heteroatoms. The minimum absolute atomic E-state index is 0.00347. The van der Waals surface area contributed by atoms with E-state index in [0.29, 0.717) is 12.2 Å². The van der Waals surface area contributed by atoms with Crippen molar-refractivity contribution in [3.63, 3.8) is 0 Å². The minimum Gasteiger partial charge on any atom is -0.321 e. The van der Waals surface area contributed by atoms with Crippen molar-refractivity contribution < 1.29 is 8.42 Å². The Morgan fingerprint density at radius 1 is 1.59 bits per heavy atom. The maximum absolute atomic E-state index is 12.4. The summed E-state index contributed by atoms with van der Waals surface area (Å²) in [6.45, 7) is 2.28. The fourth-order valence-corrected chi connectivity index (χ4v) is 3.57. The van der Waals surface area contributed by atoms with E-state index in [1.807, 2.05) is 6.92 Å². The molecule has 0 bridgehead atoms. The van der Waals surface area contributed by atoms with Crippen molar-refractivity contribution >= 4 is 15.7 Å². The standard InChI is InChI=1S/C10H16N4O2S/c1-2-14(8-5-6-8)17(15,16)10-9(13-11)4-3-7-12-10/h3-4,7-8,13H,2,5-6,11H2,1H3. The molecule has 1 aliphatic rings. The summed E-state index contributed by atoms with van der Waals surface area (Å²) in [6, 6.07) is 3.36. The molecule has 0 atom stereocenters. The number of nitrogens with two attached hydrogens (primary N) is 1. The third kappa shape index (κ3) is 2.26. The fourth-order valence-electron chi connectivity index (χ4n) is 1.80. The molecule has 1 aliphatic carbocycles. The lowest BCUT2D eigenvalue weighted by atomic mass is 10.4. The van der Waals surface area contributed by atoms with E-state index in [0.717, 1.165) is 12.8 Å². The SMILES string of the molecule is CCN(C1CC1)S(=O)(=O)c1ncccc1NN. The summed E-state index contributed by atoms with van der Waals surface area (Å²) in [7, 11) is -3.55. The number of hydrazine groups is 1. The van der Waals surface area contributed by atoms with Gasteiger partial charge in [-0.25, -0.2) is 13.4 Å². The minimum atomic E-state index is -3.55. The summed E-state index contributed by atoms with van der Waals surface area (Å²) in [5, 5.41) is -0.00347. The summed E-state index contributed by atoms with van der Waals surface area (Å²) in [6.07, 6.45) is 3.30. The lowest BCUT2D eigenvalue weighted by Crippen LogP contribution is -2.34. The van der Waals surface area contributed by atoms with E-state index in [4.69, 9.17) is 5.84 Å². The molecule has 1 saturated carbocycles. The van der Waals surface area contributed by atoms with Crippen LogP contribution in [0.3, 0.4) is 0 Å². The highest BCUT2D eigenvalue weighted by Crippen LogP contribution is 2.32. The molecule has 2 rings (SSSR count). The van der Waals surface area contributed by atoms with E-state index in [-0.39, 0.29) is 11.1 Å². The zero-order valence-corrected chi connectivity index (χ0v) is 10.4. The van der Waals surface area contributed by atoms with Crippen molar-refractivity contribution in [1.29, 1.82) is 0 Å². The van der Waals surface area contributed by atoms with E-state index < -0.39 is 10.0 Å². The molecule has 0 aliphatic heterocycles. The molecule has 0 unspecified atom stereocenters. The van der Waals surface area contributed by atoms with E-state index in [2.05, 4.69) is 10.4 Å². The van der Waals surface area contributed by atoms with Gasteiger partial charge in [0.2, 0.25) is 0 Å². The lowest BCUT2D eigenvalue weighted by molar-refractivity contribution is 0.419. The lowest BCUT2D eigenvalue weighted by Gasteiger charge is -2.20. The van der Waals surface area contributed by atoms with Gasteiger partial charge in [-0.15, -0.1) is 0 Å². The van der Waals surface area contributed by atoms with Gasteiger partial charge in [0, 0.05) is 18.8 Å². The second-order valence-electron chi connectivity index (χ2n) is 3.94. The zero-order valence-electron chi connectivity index (χ0n) is 9.63. The second kappa shape index (κ2) is 4.59. The van der Waals surface area contributed by atoms with Crippen molar-refractivity contribution in [2.75, 3.05) is 12.0 Å². The average molecular weight is 256 g/mol. The van der Waals surface area contributed by atoms with Gasteiger partial charge < -0.3 is 5.43 Å². The summed E-state index contributed by atoms with van der Waals surface area (Å²) in [5.74, 6) is 5.31. The Bertz CT molecular complexity index is 499. The van der Waals surface area contributed by atoms with Gasteiger partial charge in [-0.1, -0.05) is 6.92 Å². The van der Waals surface area contributed by atoms with Gasteiger partial charge in [0.1, 0.15) is 0 Å². The van der Waals surface area contributed by atoms with Crippen LogP contribution < -0.4 is 11.3 Å². The number of nitrogen functional groups attached to an aromatic ring is 1. The first-order chi connectivity index (χ1) is 8.11. The van der Waals surface area contributed by atoms with Crippen LogP contribution in [-0.2, 0) is 10.0 Å². The van der Waals surface area contributed by atoms with Crippen molar-refractivity contribution in [1.82, 2.24) is 9.29 Å². The predicted molar refractivity (Wildman–Crippen MR) is 64.6 cm³/mol. The molecule has 0 saturated heterocycles. The van der Waals surface area contributed by atoms with Gasteiger partial charge in [0.05, 0.1) is 5.69 Å². The third-order valence-corrected chi connectivity index (χ3v) is 4.73. The molecule has 1 aromatic heterocycles. The third-order valence-electron chi connectivity index (χ3n) is 2.75. The fraction of sp³-hybridized carbons (Fsp3) is 0.500. The Morgan fingerprint density at radius 3 is 2.82 bits per heavy atom. The Kier molecular flexibility index (Phi) is 3.32. The number of anilines is 1. The van der Waals surface area contributed by atoms with Crippen molar-refractivity contribution in [3.05, 3.63) is 18.3 Å². The molecule has 17 heavy (non-hydrogen) atoms. The van der Waals surface area contributed by atoms with Gasteiger partial charge in [-0.05, 0) is 25.0 Å². The van der Waals surface area contributed by atoms with Crippen LogP contribution in [0.15, 0.2) is 23.4 Å². The number of rotatable bonds is 5. The Labute approximate surface area is 101 Å². The summed E-state index contributed by atoms with van der Waals surface area (Å²) in [5.41, 5.74) is 2.70. The Morgan fingerprint density at radius 2 is 2.29 bits per heavy atom. The molecule has 94 valence electrons. The molecule has 0 radical (unpaired) electrons. The first-order valence-electron chi connectivity index (χ1n) is 5.54. The first-order valence-corrected chi connectivity index (χ1v) is 6.98. The van der Waals surface area contributed by atoms with Crippen molar-refractivity contribution in [2.45, 2.75) is 30.8 Å². The highest BCUT2D eigenvalue weighted by atomic mass is 32.2. The van der Waals surface area contributed by atoms with Crippen LogP contribution in [0.25, 0.3) is 0 Å². The molecule has 6 nitrogen and oxygen atoms in total. The van der Waals surface area contributed by atoms with Crippen LogP contribution in [0, 0.1) is 0 Å². The number of aromatic nitrogens is 1. The predicted octanol–water partition coefficient (Wildman–Crippen LogP) is 0.540. The summed E-state index contributed by atoms with van der Waals surface area (Å²) >= 11 is 0. The van der Waals surface area contributed by atoms with Crippen LogP contribution in [0.5, 0.6) is 0 Å². The van der Waals surface area contributed by atoms with E-state index in [1.54, 1.807) is 12.1 Å². The van der Waals surface area contributed by atoms with Crippen LogP contribution in [0.1, 0.15) is 19.8 Å². The first kappa shape index (κ1) is 12.3. The topological polar surface area (TPSA) is 88.3 Å². The molecule has 0 amide bonds. The quantitative estimate of drug-likeness (QED) is 0.593. The normalized spacial score (nSPS) is 16.2. The number of pyridine rings is 1. The Hall–Kier alpha value is -1.18. The number of sulfonamides is 1. The molecule has 0 spiro atoms. The summed E-state index contributed by atoms with van der Waals surface area (Å²) in [4.78, 5) is 3.93. The maximum atomic E-state index is 12.4. The highest BCUT2D eigenvalue weighted by molar-refractivity contribution is 7.89. The molecule has 3 N–H and O–H groups in total. The second-order valence-corrected chi connectivity index (χ2v) is 5.75. The van der Waals surface area contributed by atoms with Crippen LogP contribution in [-0.4, -0.2) is 30.3 Å². The van der Waals surface area contributed by atoms with E-state index in [9.17, 15) is 8.42 Å². The zero-order chi connectivity index (χ0) is 12.5. The number of hydrogen-bond acceptors (Lipinski definition) is 5. The van der Waals surface area contributed by atoms with E-state index in [1.165, 1.54) is 10.5 Å². The molecular formula is C10H16N4O2S. The van der Waals surface area contributed by atoms with E-state index >= 15 is 0 Å². The average Bonchev–Trinajstić information content (AvgIpc) is 3.14. The molecule has 0 aromatic carbocycles. The highest BCUT2D eigenvalue weighted by Gasteiger charge is 2.38. The largest absolute Gasteiger partial charge is 0.321 e. The van der Waals surface area contributed by atoms with Crippen LogP contribution in [0.4, 0.5) is 5.69 Å². The van der Waals surface area contributed by atoms with Gasteiger partial charge in [0.15, 0.2) is 5.03 Å². The summed E-state index contributed by atoms with van der Waals surface area (Å²) < 4.78 is 26.3. The molecular weight excluding hydrogens is 240 g/mol. The van der Waals surface area contributed by atoms with Gasteiger partial charge in [-0.2, -0.15) is 4.31 Å². The molecule has 1 fully saturated rings. The smallest absolute Gasteiger partial charge is 0.262 e. The van der Waals surface area contributed by atoms with Crippen molar-refractivity contribution in [3.8, 4) is 0 Å².